The van der Waals surface area contributed by atoms with Crippen molar-refractivity contribution >= 4 is 44.4 Å². The van der Waals surface area contributed by atoms with Gasteiger partial charge in [-0.3, -0.25) is 15.1 Å². The number of fused-ring (bicyclic) bond motifs is 2. The fraction of sp³-hybridized carbons (Fsp3) is 0. The number of aromatic nitrogens is 3. The number of rotatable bonds is 3. The second kappa shape index (κ2) is 6.92. The summed E-state index contributed by atoms with van der Waals surface area (Å²) in [6, 6.07) is 16.3. The predicted octanol–water partition coefficient (Wildman–Crippen LogP) is 4.11. The van der Waals surface area contributed by atoms with Crippen LogP contribution in [0.5, 0.6) is 0 Å². The van der Waals surface area contributed by atoms with Crippen molar-refractivity contribution in [2.45, 2.75) is 0 Å². The van der Waals surface area contributed by atoms with Gasteiger partial charge in [-0.15, -0.1) is 11.3 Å². The Labute approximate surface area is 167 Å². The van der Waals surface area contributed by atoms with E-state index < -0.39 is 11.5 Å². The molecule has 1 N–H and O–H groups in total. The number of hydrogen-bond donors (Lipinski definition) is 1. The molecule has 3 aromatic heterocycles. The molecule has 29 heavy (non-hydrogen) atoms. The van der Waals surface area contributed by atoms with E-state index in [4.69, 9.17) is 4.42 Å². The average Bonchev–Trinajstić information content (AvgIpc) is 3.21. The summed E-state index contributed by atoms with van der Waals surface area (Å²) in [5.74, 6) is -0.422. The number of hydrogen-bond acceptors (Lipinski definition) is 7. The van der Waals surface area contributed by atoms with E-state index in [2.05, 4.69) is 20.3 Å². The van der Waals surface area contributed by atoms with Crippen LogP contribution in [-0.4, -0.2) is 20.9 Å². The standard InChI is InChI=1S/C21H12N4O3S/c26-19(16-10-22-14-6-2-3-7-15(14)23-16)25-21-24-17(11-29-21)13-9-12-5-1-4-8-18(12)28-20(13)27/h1-11H,(H,24,25,26). The predicted molar refractivity (Wildman–Crippen MR) is 111 cm³/mol. The second-order valence-corrected chi connectivity index (χ2v) is 7.08. The van der Waals surface area contributed by atoms with Crippen LogP contribution in [-0.2, 0) is 0 Å². The van der Waals surface area contributed by atoms with Crippen molar-refractivity contribution in [1.82, 2.24) is 15.0 Å². The summed E-state index contributed by atoms with van der Waals surface area (Å²) in [5, 5.41) is 5.55. The first-order chi connectivity index (χ1) is 14.2. The van der Waals surface area contributed by atoms with Crippen LogP contribution in [0.3, 0.4) is 0 Å². The molecule has 0 saturated carbocycles. The maximum atomic E-state index is 12.5. The Morgan fingerprint density at radius 3 is 2.69 bits per heavy atom. The number of amides is 1. The molecular formula is C21H12N4O3S. The SMILES string of the molecule is O=C(Nc1nc(-c2cc3ccccc3oc2=O)cs1)c1cnc2ccccc2n1. The molecule has 140 valence electrons. The van der Waals surface area contributed by atoms with Crippen molar-refractivity contribution in [3.63, 3.8) is 0 Å². The van der Waals surface area contributed by atoms with Crippen molar-refractivity contribution in [3.8, 4) is 11.3 Å². The summed E-state index contributed by atoms with van der Waals surface area (Å²) in [7, 11) is 0. The highest BCUT2D eigenvalue weighted by molar-refractivity contribution is 7.14. The van der Waals surface area contributed by atoms with Crippen molar-refractivity contribution in [2.24, 2.45) is 0 Å². The Kier molecular flexibility index (Phi) is 4.10. The van der Waals surface area contributed by atoms with Crippen LogP contribution in [0, 0.1) is 0 Å². The average molecular weight is 400 g/mol. The number of anilines is 1. The Morgan fingerprint density at radius 1 is 1.00 bits per heavy atom. The summed E-state index contributed by atoms with van der Waals surface area (Å²) in [6.45, 7) is 0. The van der Waals surface area contributed by atoms with Crippen molar-refractivity contribution in [1.29, 1.82) is 0 Å². The van der Waals surface area contributed by atoms with E-state index >= 15 is 0 Å². The summed E-state index contributed by atoms with van der Waals surface area (Å²) in [6.07, 6.45) is 1.42. The van der Waals surface area contributed by atoms with Crippen LogP contribution in [0.4, 0.5) is 5.13 Å². The summed E-state index contributed by atoms with van der Waals surface area (Å²) >= 11 is 1.21. The fourth-order valence-electron chi connectivity index (χ4n) is 2.92. The first-order valence-corrected chi connectivity index (χ1v) is 9.57. The number of para-hydroxylation sites is 3. The van der Waals surface area contributed by atoms with Gasteiger partial charge in [-0.2, -0.15) is 0 Å². The van der Waals surface area contributed by atoms with Gasteiger partial charge >= 0.3 is 5.63 Å². The normalized spacial score (nSPS) is 11.0. The third kappa shape index (κ3) is 3.26. The van der Waals surface area contributed by atoms with E-state index in [0.29, 0.717) is 33.0 Å². The van der Waals surface area contributed by atoms with Gasteiger partial charge in [0.25, 0.3) is 5.91 Å². The summed E-state index contributed by atoms with van der Waals surface area (Å²) in [4.78, 5) is 37.7. The zero-order chi connectivity index (χ0) is 19.8. The molecule has 7 nitrogen and oxygen atoms in total. The Morgan fingerprint density at radius 2 is 1.79 bits per heavy atom. The van der Waals surface area contributed by atoms with E-state index in [1.807, 2.05) is 30.3 Å². The van der Waals surface area contributed by atoms with Crippen molar-refractivity contribution in [2.75, 3.05) is 5.32 Å². The summed E-state index contributed by atoms with van der Waals surface area (Å²) in [5.41, 5.74) is 2.34. The third-order valence-corrected chi connectivity index (χ3v) is 5.08. The van der Waals surface area contributed by atoms with Gasteiger partial charge in [0.05, 0.1) is 28.5 Å². The first-order valence-electron chi connectivity index (χ1n) is 8.69. The minimum Gasteiger partial charge on any atom is -0.422 e. The smallest absolute Gasteiger partial charge is 0.345 e. The maximum Gasteiger partial charge on any atom is 0.345 e. The highest BCUT2D eigenvalue weighted by atomic mass is 32.1. The molecule has 2 aromatic carbocycles. The van der Waals surface area contributed by atoms with Gasteiger partial charge < -0.3 is 4.42 Å². The van der Waals surface area contributed by atoms with Gasteiger partial charge in [-0.05, 0) is 24.3 Å². The second-order valence-electron chi connectivity index (χ2n) is 6.22. The lowest BCUT2D eigenvalue weighted by Gasteiger charge is -2.02. The lowest BCUT2D eigenvalue weighted by Crippen LogP contribution is -2.14. The molecule has 0 saturated heterocycles. The number of nitrogens with one attached hydrogen (secondary N) is 1. The van der Waals surface area contributed by atoms with E-state index in [1.165, 1.54) is 17.5 Å². The quantitative estimate of drug-likeness (QED) is 0.458. The topological polar surface area (TPSA) is 98.0 Å². The van der Waals surface area contributed by atoms with E-state index in [1.54, 1.807) is 29.6 Å². The van der Waals surface area contributed by atoms with E-state index in [9.17, 15) is 9.59 Å². The maximum absolute atomic E-state index is 12.5. The highest BCUT2D eigenvalue weighted by Gasteiger charge is 2.15. The monoisotopic (exact) mass is 400 g/mol. The van der Waals surface area contributed by atoms with Gasteiger partial charge in [-0.25, -0.2) is 14.8 Å². The van der Waals surface area contributed by atoms with Gasteiger partial charge in [0.2, 0.25) is 0 Å². The van der Waals surface area contributed by atoms with Crippen LogP contribution in [0.1, 0.15) is 10.5 Å². The van der Waals surface area contributed by atoms with Gasteiger partial charge in [-0.1, -0.05) is 30.3 Å². The van der Waals surface area contributed by atoms with Crippen LogP contribution in [0.25, 0.3) is 33.3 Å². The molecule has 0 spiro atoms. The fourth-order valence-corrected chi connectivity index (χ4v) is 3.63. The molecule has 5 aromatic rings. The number of nitrogens with zero attached hydrogens (tertiary/aromatic N) is 3. The van der Waals surface area contributed by atoms with E-state index in [-0.39, 0.29) is 5.69 Å². The molecule has 0 atom stereocenters. The molecule has 8 heteroatoms. The molecule has 0 aliphatic heterocycles. The first kappa shape index (κ1) is 17.2. The van der Waals surface area contributed by atoms with Crippen LogP contribution >= 0.6 is 11.3 Å². The number of benzene rings is 2. The Bertz CT molecular complexity index is 1440. The van der Waals surface area contributed by atoms with Gasteiger partial charge in [0, 0.05) is 10.8 Å². The number of carbonyl (C=O) groups is 1. The van der Waals surface area contributed by atoms with Crippen LogP contribution < -0.4 is 10.9 Å². The zero-order valence-electron chi connectivity index (χ0n) is 14.8. The lowest BCUT2D eigenvalue weighted by atomic mass is 10.1. The number of carbonyl (C=O) groups excluding carboxylic acids is 1. The van der Waals surface area contributed by atoms with E-state index in [0.717, 1.165) is 5.39 Å². The summed E-state index contributed by atoms with van der Waals surface area (Å²) < 4.78 is 5.35. The van der Waals surface area contributed by atoms with Crippen molar-refractivity contribution in [3.05, 3.63) is 82.3 Å². The Hall–Kier alpha value is -3.91. The molecule has 0 aliphatic rings. The Balaban J connectivity index is 1.43. The largest absolute Gasteiger partial charge is 0.422 e. The highest BCUT2D eigenvalue weighted by Crippen LogP contribution is 2.25. The van der Waals surface area contributed by atoms with Crippen molar-refractivity contribution < 1.29 is 9.21 Å². The van der Waals surface area contributed by atoms with Crippen LogP contribution in [0.2, 0.25) is 0 Å². The van der Waals surface area contributed by atoms with Gasteiger partial charge in [0.15, 0.2) is 5.13 Å². The minimum atomic E-state index is -0.479. The molecule has 0 radical (unpaired) electrons. The molecule has 3 heterocycles. The molecule has 1 amide bonds. The minimum absolute atomic E-state index is 0.186. The third-order valence-electron chi connectivity index (χ3n) is 4.32. The molecule has 0 aliphatic carbocycles. The molecule has 0 fully saturated rings. The lowest BCUT2D eigenvalue weighted by molar-refractivity contribution is 0.102. The molecule has 5 rings (SSSR count). The molecule has 0 bridgehead atoms. The van der Waals surface area contributed by atoms with Gasteiger partial charge in [0.1, 0.15) is 11.3 Å². The molecular weight excluding hydrogens is 388 g/mol. The zero-order valence-corrected chi connectivity index (χ0v) is 15.6. The van der Waals surface area contributed by atoms with Crippen LogP contribution in [0.15, 0.2) is 75.4 Å². The number of thiazole rings is 1. The molecule has 0 unspecified atom stereocenters.